The van der Waals surface area contributed by atoms with Crippen molar-refractivity contribution in [2.75, 3.05) is 26.3 Å². The molecule has 1 aromatic rings. The highest BCUT2D eigenvalue weighted by molar-refractivity contribution is 5.11. The van der Waals surface area contributed by atoms with Crippen LogP contribution >= 0.6 is 0 Å². The molecule has 1 saturated heterocycles. The Hall–Kier alpha value is -0.950. The van der Waals surface area contributed by atoms with Crippen molar-refractivity contribution in [1.29, 1.82) is 0 Å². The highest BCUT2D eigenvalue weighted by Crippen LogP contribution is 2.35. The SMILES string of the molecule is CCOC1CC(O)(CNC[C@H]2CCO[C@@H]2c2cnn(C)c2)C1. The van der Waals surface area contributed by atoms with E-state index in [1.54, 1.807) is 0 Å². The van der Waals surface area contributed by atoms with Crippen LogP contribution in [0, 0.1) is 5.92 Å². The number of rotatable bonds is 7. The van der Waals surface area contributed by atoms with Gasteiger partial charge in [0.15, 0.2) is 0 Å². The summed E-state index contributed by atoms with van der Waals surface area (Å²) in [5.74, 6) is 0.440. The van der Waals surface area contributed by atoms with E-state index in [1.165, 1.54) is 0 Å². The lowest BCUT2D eigenvalue weighted by molar-refractivity contribution is -0.135. The summed E-state index contributed by atoms with van der Waals surface area (Å²) in [4.78, 5) is 0. The molecule has 0 amide bonds. The Labute approximate surface area is 131 Å². The minimum atomic E-state index is -0.594. The number of hydrogen-bond acceptors (Lipinski definition) is 5. The molecule has 0 radical (unpaired) electrons. The summed E-state index contributed by atoms with van der Waals surface area (Å²) in [7, 11) is 1.92. The lowest BCUT2D eigenvalue weighted by Crippen LogP contribution is -2.54. The maximum absolute atomic E-state index is 10.4. The molecule has 1 saturated carbocycles. The quantitative estimate of drug-likeness (QED) is 0.787. The summed E-state index contributed by atoms with van der Waals surface area (Å²) in [6, 6.07) is 0. The summed E-state index contributed by atoms with van der Waals surface area (Å²) >= 11 is 0. The van der Waals surface area contributed by atoms with Gasteiger partial charge >= 0.3 is 0 Å². The molecule has 0 bridgehead atoms. The van der Waals surface area contributed by atoms with Crippen LogP contribution in [-0.4, -0.2) is 52.9 Å². The molecule has 22 heavy (non-hydrogen) atoms. The first-order valence-corrected chi connectivity index (χ1v) is 8.24. The molecule has 1 aromatic heterocycles. The third-order valence-corrected chi connectivity index (χ3v) is 4.75. The number of nitrogens with zero attached hydrogens (tertiary/aromatic N) is 2. The molecule has 3 rings (SSSR count). The Morgan fingerprint density at radius 1 is 1.55 bits per heavy atom. The molecule has 6 heteroatoms. The van der Waals surface area contributed by atoms with E-state index in [2.05, 4.69) is 10.4 Å². The molecule has 1 aliphatic heterocycles. The molecule has 1 aliphatic carbocycles. The molecule has 6 nitrogen and oxygen atoms in total. The van der Waals surface area contributed by atoms with Crippen LogP contribution in [0.5, 0.6) is 0 Å². The fourth-order valence-corrected chi connectivity index (χ4v) is 3.57. The van der Waals surface area contributed by atoms with Crippen molar-refractivity contribution in [2.45, 2.75) is 44.0 Å². The Morgan fingerprint density at radius 3 is 3.05 bits per heavy atom. The average Bonchev–Trinajstić information content (AvgIpc) is 3.06. The lowest BCUT2D eigenvalue weighted by atomic mass is 9.77. The van der Waals surface area contributed by atoms with Gasteiger partial charge in [-0.05, 0) is 13.3 Å². The van der Waals surface area contributed by atoms with Crippen LogP contribution in [0.2, 0.25) is 0 Å². The summed E-state index contributed by atoms with van der Waals surface area (Å²) in [6.07, 6.45) is 6.78. The number of ether oxygens (including phenoxy) is 2. The Kier molecular flexibility index (Phi) is 4.82. The number of hydrogen-bond donors (Lipinski definition) is 2. The fourth-order valence-electron chi connectivity index (χ4n) is 3.57. The first kappa shape index (κ1) is 15.9. The smallest absolute Gasteiger partial charge is 0.0896 e. The van der Waals surface area contributed by atoms with Crippen LogP contribution in [0.25, 0.3) is 0 Å². The van der Waals surface area contributed by atoms with E-state index in [0.717, 1.165) is 44.6 Å². The molecule has 0 spiro atoms. The Bertz CT molecular complexity index is 485. The van der Waals surface area contributed by atoms with E-state index in [9.17, 15) is 5.11 Å². The third-order valence-electron chi connectivity index (χ3n) is 4.75. The first-order chi connectivity index (χ1) is 10.6. The van der Waals surface area contributed by atoms with Gasteiger partial charge in [-0.25, -0.2) is 0 Å². The lowest BCUT2D eigenvalue weighted by Gasteiger charge is -2.43. The van der Waals surface area contributed by atoms with Crippen LogP contribution in [-0.2, 0) is 16.5 Å². The molecular weight excluding hydrogens is 282 g/mol. The normalized spacial score (nSPS) is 34.8. The Balaban J connectivity index is 1.43. The van der Waals surface area contributed by atoms with Gasteiger partial charge in [0.25, 0.3) is 0 Å². The maximum atomic E-state index is 10.4. The summed E-state index contributed by atoms with van der Waals surface area (Å²) in [5.41, 5.74) is 0.550. The minimum Gasteiger partial charge on any atom is -0.388 e. The fraction of sp³-hybridized carbons (Fsp3) is 0.812. The molecule has 0 aromatic carbocycles. The van der Waals surface area contributed by atoms with E-state index >= 15 is 0 Å². The van der Waals surface area contributed by atoms with Gasteiger partial charge < -0.3 is 19.9 Å². The third kappa shape index (κ3) is 3.51. The van der Waals surface area contributed by atoms with Gasteiger partial charge in [-0.3, -0.25) is 4.68 Å². The van der Waals surface area contributed by atoms with E-state index in [1.807, 2.05) is 31.0 Å². The second-order valence-corrected chi connectivity index (χ2v) is 6.63. The van der Waals surface area contributed by atoms with Crippen LogP contribution in [0.4, 0.5) is 0 Å². The topological polar surface area (TPSA) is 68.5 Å². The first-order valence-electron chi connectivity index (χ1n) is 8.24. The van der Waals surface area contributed by atoms with Crippen LogP contribution in [0.1, 0.15) is 37.9 Å². The van der Waals surface area contributed by atoms with Crippen LogP contribution in [0.3, 0.4) is 0 Å². The minimum absolute atomic E-state index is 0.119. The number of nitrogens with one attached hydrogen (secondary N) is 1. The van der Waals surface area contributed by atoms with E-state index in [4.69, 9.17) is 9.47 Å². The second-order valence-electron chi connectivity index (χ2n) is 6.63. The molecule has 2 aliphatic rings. The van der Waals surface area contributed by atoms with Gasteiger partial charge in [0.1, 0.15) is 0 Å². The molecule has 2 heterocycles. The van der Waals surface area contributed by atoms with Crippen molar-refractivity contribution >= 4 is 0 Å². The zero-order valence-corrected chi connectivity index (χ0v) is 13.5. The largest absolute Gasteiger partial charge is 0.388 e. The van der Waals surface area contributed by atoms with Gasteiger partial charge in [-0.2, -0.15) is 5.10 Å². The van der Waals surface area contributed by atoms with Crippen molar-refractivity contribution in [1.82, 2.24) is 15.1 Å². The maximum Gasteiger partial charge on any atom is 0.0896 e. The van der Waals surface area contributed by atoms with Crippen molar-refractivity contribution in [2.24, 2.45) is 13.0 Å². The molecule has 0 unspecified atom stereocenters. The van der Waals surface area contributed by atoms with Crippen molar-refractivity contribution in [3.05, 3.63) is 18.0 Å². The zero-order valence-electron chi connectivity index (χ0n) is 13.5. The Morgan fingerprint density at radius 2 is 2.36 bits per heavy atom. The standard InChI is InChI=1S/C16H27N3O3/c1-3-21-14-6-16(20,7-14)11-17-8-12-4-5-22-15(12)13-9-18-19(2)10-13/h9-10,12,14-15,17,20H,3-8,11H2,1-2H3/t12-,14?,15+,16?/m1/s1. The monoisotopic (exact) mass is 309 g/mol. The van der Waals surface area contributed by atoms with E-state index in [-0.39, 0.29) is 12.2 Å². The van der Waals surface area contributed by atoms with Crippen LogP contribution < -0.4 is 5.32 Å². The van der Waals surface area contributed by atoms with Gasteiger partial charge in [0.05, 0.1) is 24.0 Å². The molecule has 2 atom stereocenters. The number of aromatic nitrogens is 2. The highest BCUT2D eigenvalue weighted by atomic mass is 16.5. The predicted molar refractivity (Wildman–Crippen MR) is 82.5 cm³/mol. The van der Waals surface area contributed by atoms with Gasteiger partial charge in [0.2, 0.25) is 0 Å². The van der Waals surface area contributed by atoms with Crippen molar-refractivity contribution in [3.8, 4) is 0 Å². The van der Waals surface area contributed by atoms with Crippen molar-refractivity contribution < 1.29 is 14.6 Å². The predicted octanol–water partition coefficient (Wildman–Crippen LogP) is 1.02. The summed E-state index contributed by atoms with van der Waals surface area (Å²) in [5, 5.41) is 18.0. The average molecular weight is 309 g/mol. The second kappa shape index (κ2) is 6.66. The van der Waals surface area contributed by atoms with Gasteiger partial charge in [-0.1, -0.05) is 0 Å². The highest BCUT2D eigenvalue weighted by Gasteiger charge is 2.43. The van der Waals surface area contributed by atoms with Gasteiger partial charge in [-0.15, -0.1) is 0 Å². The zero-order chi connectivity index (χ0) is 15.6. The molecule has 2 fully saturated rings. The van der Waals surface area contributed by atoms with Crippen molar-refractivity contribution in [3.63, 3.8) is 0 Å². The molecule has 2 N–H and O–H groups in total. The summed E-state index contributed by atoms with van der Waals surface area (Å²) < 4.78 is 13.2. The number of aliphatic hydroxyl groups is 1. The molecular formula is C16H27N3O3. The van der Waals surface area contributed by atoms with Crippen LogP contribution in [0.15, 0.2) is 12.4 Å². The summed E-state index contributed by atoms with van der Waals surface area (Å²) in [6.45, 7) is 5.01. The number of aryl methyl sites for hydroxylation is 1. The molecule has 124 valence electrons. The van der Waals surface area contributed by atoms with E-state index in [0.29, 0.717) is 12.5 Å². The van der Waals surface area contributed by atoms with E-state index < -0.39 is 5.60 Å². The van der Waals surface area contributed by atoms with Gasteiger partial charge in [0, 0.05) is 63.9 Å².